The molecule has 0 saturated heterocycles. The third-order valence-electron chi connectivity index (χ3n) is 2.97. The number of carboxylic acid groups (broad SMARTS) is 1. The minimum Gasteiger partial charge on any atom is -0.481 e. The van der Waals surface area contributed by atoms with Crippen LogP contribution >= 0.6 is 11.8 Å². The molecule has 0 aliphatic heterocycles. The lowest BCUT2D eigenvalue weighted by Crippen LogP contribution is -2.14. The van der Waals surface area contributed by atoms with E-state index in [1.54, 1.807) is 37.3 Å². The van der Waals surface area contributed by atoms with E-state index >= 15 is 0 Å². The van der Waals surface area contributed by atoms with Crippen LogP contribution in [0.4, 0.5) is 11.5 Å². The quantitative estimate of drug-likeness (QED) is 0.616. The van der Waals surface area contributed by atoms with Crippen molar-refractivity contribution in [3.8, 4) is 0 Å². The summed E-state index contributed by atoms with van der Waals surface area (Å²) in [6.07, 6.45) is -0.284. The SMILES string of the molecule is Cc1cc(NC(=O)CSc2ccc(NC(=O)CCC(=O)O)cc2)no1. The van der Waals surface area contributed by atoms with E-state index in [0.717, 1.165) is 4.90 Å². The fourth-order valence-electron chi connectivity index (χ4n) is 1.83. The minimum absolute atomic E-state index is 0.0759. The lowest BCUT2D eigenvalue weighted by atomic mass is 10.2. The zero-order valence-corrected chi connectivity index (χ0v) is 14.3. The second kappa shape index (κ2) is 8.88. The lowest BCUT2D eigenvalue weighted by Gasteiger charge is -2.06. The molecule has 9 heteroatoms. The number of aliphatic carboxylic acids is 1. The van der Waals surface area contributed by atoms with Crippen molar-refractivity contribution in [2.45, 2.75) is 24.7 Å². The molecule has 132 valence electrons. The second-order valence-corrected chi connectivity index (χ2v) is 6.17. The Balaban J connectivity index is 1.76. The number of aromatic nitrogens is 1. The first-order valence-electron chi connectivity index (χ1n) is 7.40. The van der Waals surface area contributed by atoms with E-state index in [4.69, 9.17) is 9.63 Å². The number of benzene rings is 1. The predicted octanol–water partition coefficient (Wildman–Crippen LogP) is 2.52. The van der Waals surface area contributed by atoms with Crippen molar-refractivity contribution in [2.24, 2.45) is 0 Å². The number of nitrogens with one attached hydrogen (secondary N) is 2. The van der Waals surface area contributed by atoms with Crippen LogP contribution in [-0.4, -0.2) is 33.8 Å². The standard InChI is InChI=1S/C16H17N3O5S/c1-10-8-13(19-24-10)18-15(21)9-25-12-4-2-11(3-5-12)17-14(20)6-7-16(22)23/h2-5,8H,6-7,9H2,1H3,(H,17,20)(H,22,23)(H,18,19,21). The summed E-state index contributed by atoms with van der Waals surface area (Å²) in [4.78, 5) is 34.6. The highest BCUT2D eigenvalue weighted by molar-refractivity contribution is 8.00. The van der Waals surface area contributed by atoms with Crippen LogP contribution in [0.1, 0.15) is 18.6 Å². The van der Waals surface area contributed by atoms with Gasteiger partial charge in [-0.15, -0.1) is 11.8 Å². The second-order valence-electron chi connectivity index (χ2n) is 5.13. The molecule has 1 heterocycles. The highest BCUT2D eigenvalue weighted by Crippen LogP contribution is 2.21. The normalized spacial score (nSPS) is 10.3. The van der Waals surface area contributed by atoms with Gasteiger partial charge in [-0.3, -0.25) is 14.4 Å². The number of amides is 2. The van der Waals surface area contributed by atoms with E-state index in [2.05, 4.69) is 15.8 Å². The van der Waals surface area contributed by atoms with E-state index in [-0.39, 0.29) is 30.4 Å². The van der Waals surface area contributed by atoms with Crippen molar-refractivity contribution in [3.05, 3.63) is 36.1 Å². The molecule has 0 aliphatic rings. The predicted molar refractivity (Wildman–Crippen MR) is 92.5 cm³/mol. The average Bonchev–Trinajstić information content (AvgIpc) is 2.97. The number of aryl methyl sites for hydroxylation is 1. The Kier molecular flexibility index (Phi) is 6.58. The van der Waals surface area contributed by atoms with Crippen LogP contribution in [0.15, 0.2) is 39.8 Å². The molecule has 3 N–H and O–H groups in total. The molecule has 0 unspecified atom stereocenters. The molecule has 2 aromatic rings. The van der Waals surface area contributed by atoms with Crippen LogP contribution in [-0.2, 0) is 14.4 Å². The Morgan fingerprint density at radius 2 is 1.84 bits per heavy atom. The van der Waals surface area contributed by atoms with Gasteiger partial charge in [-0.1, -0.05) is 5.16 Å². The maximum Gasteiger partial charge on any atom is 0.303 e. The van der Waals surface area contributed by atoms with Crippen molar-refractivity contribution in [2.75, 3.05) is 16.4 Å². The monoisotopic (exact) mass is 363 g/mol. The van der Waals surface area contributed by atoms with Gasteiger partial charge >= 0.3 is 5.97 Å². The molecule has 2 amide bonds. The van der Waals surface area contributed by atoms with Crippen LogP contribution in [0.25, 0.3) is 0 Å². The number of nitrogens with zero attached hydrogens (tertiary/aromatic N) is 1. The van der Waals surface area contributed by atoms with Crippen LogP contribution in [0.3, 0.4) is 0 Å². The summed E-state index contributed by atoms with van der Waals surface area (Å²) in [6.45, 7) is 1.74. The van der Waals surface area contributed by atoms with Crippen molar-refractivity contribution in [3.63, 3.8) is 0 Å². The molecule has 0 saturated carbocycles. The number of carboxylic acids is 1. The number of carbonyl (C=O) groups excluding carboxylic acids is 2. The lowest BCUT2D eigenvalue weighted by molar-refractivity contribution is -0.138. The third kappa shape index (κ3) is 6.68. The zero-order valence-electron chi connectivity index (χ0n) is 13.4. The van der Waals surface area contributed by atoms with Crippen molar-refractivity contribution in [1.29, 1.82) is 0 Å². The van der Waals surface area contributed by atoms with Crippen molar-refractivity contribution in [1.82, 2.24) is 5.16 Å². The molecule has 0 aliphatic carbocycles. The minimum atomic E-state index is -1.01. The van der Waals surface area contributed by atoms with Crippen LogP contribution in [0, 0.1) is 6.92 Å². The highest BCUT2D eigenvalue weighted by Gasteiger charge is 2.08. The summed E-state index contributed by atoms with van der Waals surface area (Å²) in [5.41, 5.74) is 0.572. The van der Waals surface area contributed by atoms with E-state index in [1.807, 2.05) is 0 Å². The molecule has 25 heavy (non-hydrogen) atoms. The Labute approximate surface area is 148 Å². The Morgan fingerprint density at radius 1 is 1.12 bits per heavy atom. The van der Waals surface area contributed by atoms with Crippen LogP contribution in [0.2, 0.25) is 0 Å². The molecule has 2 rings (SSSR count). The van der Waals surface area contributed by atoms with E-state index in [0.29, 0.717) is 17.3 Å². The van der Waals surface area contributed by atoms with E-state index < -0.39 is 5.97 Å². The number of hydrogen-bond donors (Lipinski definition) is 3. The van der Waals surface area contributed by atoms with Gasteiger partial charge in [0, 0.05) is 23.1 Å². The van der Waals surface area contributed by atoms with Gasteiger partial charge < -0.3 is 20.3 Å². The molecule has 1 aromatic carbocycles. The molecule has 0 bridgehead atoms. The molecular formula is C16H17N3O5S. The third-order valence-corrected chi connectivity index (χ3v) is 3.98. The Bertz CT molecular complexity index is 757. The maximum atomic E-state index is 11.8. The number of hydrogen-bond acceptors (Lipinski definition) is 6. The summed E-state index contributed by atoms with van der Waals surface area (Å²) in [5.74, 6) is -0.377. The number of anilines is 2. The summed E-state index contributed by atoms with van der Waals surface area (Å²) in [5, 5.41) is 17.5. The molecule has 0 fully saturated rings. The smallest absolute Gasteiger partial charge is 0.303 e. The van der Waals surface area contributed by atoms with Gasteiger partial charge in [0.25, 0.3) is 0 Å². The first-order valence-corrected chi connectivity index (χ1v) is 8.38. The number of thioether (sulfide) groups is 1. The molecule has 0 radical (unpaired) electrons. The fourth-order valence-corrected chi connectivity index (χ4v) is 2.53. The van der Waals surface area contributed by atoms with Gasteiger partial charge in [0.2, 0.25) is 11.8 Å². The first-order chi connectivity index (χ1) is 11.9. The maximum absolute atomic E-state index is 11.8. The summed E-state index contributed by atoms with van der Waals surface area (Å²) in [6, 6.07) is 8.56. The van der Waals surface area contributed by atoms with Gasteiger partial charge in [0.05, 0.1) is 12.2 Å². The van der Waals surface area contributed by atoms with Gasteiger partial charge in [-0.05, 0) is 31.2 Å². The molecule has 8 nitrogen and oxygen atoms in total. The van der Waals surface area contributed by atoms with Crippen LogP contribution in [0.5, 0.6) is 0 Å². The zero-order chi connectivity index (χ0) is 18.2. The fraction of sp³-hybridized carbons (Fsp3) is 0.250. The molecule has 0 spiro atoms. The van der Waals surface area contributed by atoms with Crippen molar-refractivity contribution < 1.29 is 24.0 Å². The molecular weight excluding hydrogens is 346 g/mol. The summed E-state index contributed by atoms with van der Waals surface area (Å²) in [7, 11) is 0. The molecule has 1 aromatic heterocycles. The Morgan fingerprint density at radius 3 is 2.44 bits per heavy atom. The van der Waals surface area contributed by atoms with Crippen LogP contribution < -0.4 is 10.6 Å². The van der Waals surface area contributed by atoms with E-state index in [9.17, 15) is 14.4 Å². The number of carbonyl (C=O) groups is 3. The van der Waals surface area contributed by atoms with Crippen molar-refractivity contribution >= 4 is 41.1 Å². The number of rotatable bonds is 8. The van der Waals surface area contributed by atoms with Gasteiger partial charge in [0.15, 0.2) is 5.82 Å². The summed E-state index contributed by atoms with van der Waals surface area (Å²) >= 11 is 1.34. The average molecular weight is 363 g/mol. The first kappa shape index (κ1) is 18.5. The van der Waals surface area contributed by atoms with Gasteiger partial charge in [0.1, 0.15) is 5.76 Å². The Hall–Kier alpha value is -2.81. The highest BCUT2D eigenvalue weighted by atomic mass is 32.2. The summed E-state index contributed by atoms with van der Waals surface area (Å²) < 4.78 is 4.86. The van der Waals surface area contributed by atoms with Gasteiger partial charge in [-0.2, -0.15) is 0 Å². The largest absolute Gasteiger partial charge is 0.481 e. The topological polar surface area (TPSA) is 122 Å². The van der Waals surface area contributed by atoms with Gasteiger partial charge in [-0.25, -0.2) is 0 Å². The molecule has 0 atom stereocenters. The van der Waals surface area contributed by atoms with E-state index in [1.165, 1.54) is 11.8 Å².